The topological polar surface area (TPSA) is 26.8 Å². The molecule has 2 fully saturated rings. The molecule has 1 atom stereocenters. The normalized spacial score (nSPS) is 23.2. The van der Waals surface area contributed by atoms with E-state index in [2.05, 4.69) is 58.0 Å². The lowest BCUT2D eigenvalue weighted by molar-refractivity contribution is -0.136. The monoisotopic (exact) mass is 341 g/mol. The van der Waals surface area contributed by atoms with Crippen LogP contribution in [-0.4, -0.2) is 72.5 Å². The first kappa shape index (κ1) is 18.2. The van der Waals surface area contributed by atoms with E-state index in [0.717, 1.165) is 52.1 Å². The number of hydrogen-bond donors (Lipinski definition) is 0. The molecule has 3 rings (SSSR count). The van der Waals surface area contributed by atoms with Gasteiger partial charge in [-0.1, -0.05) is 42.5 Å². The molecular weight excluding hydrogens is 310 g/mol. The van der Waals surface area contributed by atoms with Gasteiger partial charge in [0.1, 0.15) is 0 Å². The first-order chi connectivity index (χ1) is 12.2. The van der Waals surface area contributed by atoms with Crippen molar-refractivity contribution in [3.63, 3.8) is 0 Å². The zero-order chi connectivity index (χ0) is 17.5. The molecule has 4 nitrogen and oxygen atoms in total. The average Bonchev–Trinajstić information content (AvgIpc) is 2.64. The van der Waals surface area contributed by atoms with Crippen LogP contribution < -0.4 is 0 Å². The molecule has 0 aliphatic carbocycles. The molecule has 2 heterocycles. The van der Waals surface area contributed by atoms with Gasteiger partial charge in [-0.25, -0.2) is 0 Å². The molecule has 0 bridgehead atoms. The summed E-state index contributed by atoms with van der Waals surface area (Å²) in [5.41, 5.74) is 1.25. The zero-order valence-electron chi connectivity index (χ0n) is 15.4. The number of amides is 1. The number of carbonyl (C=O) groups is 1. The van der Waals surface area contributed by atoms with Crippen molar-refractivity contribution in [2.45, 2.75) is 32.2 Å². The summed E-state index contributed by atoms with van der Waals surface area (Å²) in [4.78, 5) is 19.4. The molecule has 136 valence electrons. The molecule has 1 unspecified atom stereocenters. The van der Waals surface area contributed by atoms with Gasteiger partial charge in [-0.3, -0.25) is 14.6 Å². The predicted molar refractivity (Wildman–Crippen MR) is 103 cm³/mol. The third kappa shape index (κ3) is 5.41. The Balaban J connectivity index is 1.38. The summed E-state index contributed by atoms with van der Waals surface area (Å²) < 4.78 is 0. The van der Waals surface area contributed by atoms with Crippen LogP contribution in [0.5, 0.6) is 0 Å². The summed E-state index contributed by atoms with van der Waals surface area (Å²) >= 11 is 0. The van der Waals surface area contributed by atoms with Gasteiger partial charge in [0, 0.05) is 45.3 Å². The van der Waals surface area contributed by atoms with Crippen molar-refractivity contribution in [2.75, 3.05) is 45.8 Å². The fourth-order valence-electron chi connectivity index (χ4n) is 3.78. The molecule has 1 aromatic carbocycles. The zero-order valence-corrected chi connectivity index (χ0v) is 15.4. The highest BCUT2D eigenvalue weighted by Crippen LogP contribution is 2.17. The molecule has 0 N–H and O–H groups in total. The van der Waals surface area contributed by atoms with Crippen molar-refractivity contribution in [1.82, 2.24) is 14.7 Å². The molecule has 0 aromatic heterocycles. The van der Waals surface area contributed by atoms with Crippen molar-refractivity contribution in [2.24, 2.45) is 0 Å². The number of rotatable bonds is 5. The van der Waals surface area contributed by atoms with E-state index >= 15 is 0 Å². The predicted octanol–water partition coefficient (Wildman–Crippen LogP) is 2.72. The fraction of sp³-hybridized carbons (Fsp3) is 0.571. The first-order valence-corrected chi connectivity index (χ1v) is 9.68. The highest BCUT2D eigenvalue weighted by molar-refractivity contribution is 5.78. The van der Waals surface area contributed by atoms with E-state index < -0.39 is 0 Å². The highest BCUT2D eigenvalue weighted by atomic mass is 16.2. The summed E-state index contributed by atoms with van der Waals surface area (Å²) in [6.45, 7) is 8.79. The Morgan fingerprint density at radius 2 is 1.76 bits per heavy atom. The van der Waals surface area contributed by atoms with Gasteiger partial charge in [0.2, 0.25) is 5.91 Å². The number of carbonyl (C=O) groups excluding carboxylic acids is 1. The highest BCUT2D eigenvalue weighted by Gasteiger charge is 2.25. The molecule has 1 amide bonds. The Hall–Kier alpha value is -1.65. The SMILES string of the molecule is CC1CCCCN1C(=O)CN1CCN(CC=Cc2ccccc2)CC1. The lowest BCUT2D eigenvalue weighted by Gasteiger charge is -2.37. The minimum atomic E-state index is 0.324. The van der Waals surface area contributed by atoms with Crippen molar-refractivity contribution >= 4 is 12.0 Å². The minimum absolute atomic E-state index is 0.324. The van der Waals surface area contributed by atoms with Crippen LogP contribution in [0.1, 0.15) is 31.7 Å². The van der Waals surface area contributed by atoms with Crippen LogP contribution in [0.4, 0.5) is 0 Å². The molecule has 4 heteroatoms. The minimum Gasteiger partial charge on any atom is -0.339 e. The van der Waals surface area contributed by atoms with E-state index in [1.165, 1.54) is 12.0 Å². The number of likely N-dealkylation sites (tertiary alicyclic amines) is 1. The van der Waals surface area contributed by atoms with Crippen LogP contribution in [0.2, 0.25) is 0 Å². The van der Waals surface area contributed by atoms with Gasteiger partial charge in [0.05, 0.1) is 6.54 Å². The van der Waals surface area contributed by atoms with Crippen LogP contribution in [0.15, 0.2) is 36.4 Å². The third-order valence-corrected chi connectivity index (χ3v) is 5.42. The van der Waals surface area contributed by atoms with Gasteiger partial charge in [0.25, 0.3) is 0 Å². The molecule has 25 heavy (non-hydrogen) atoms. The first-order valence-electron chi connectivity index (χ1n) is 9.68. The molecule has 0 radical (unpaired) electrons. The quantitative estimate of drug-likeness (QED) is 0.824. The van der Waals surface area contributed by atoms with E-state index in [1.54, 1.807) is 0 Å². The Labute approximate surface area is 152 Å². The van der Waals surface area contributed by atoms with Crippen molar-refractivity contribution in [1.29, 1.82) is 0 Å². The number of piperidine rings is 1. The van der Waals surface area contributed by atoms with Crippen LogP contribution in [-0.2, 0) is 4.79 Å². The van der Waals surface area contributed by atoms with Gasteiger partial charge >= 0.3 is 0 Å². The van der Waals surface area contributed by atoms with Crippen LogP contribution in [0, 0.1) is 0 Å². The maximum atomic E-state index is 12.5. The molecule has 2 aliphatic heterocycles. The molecular formula is C21H31N3O. The second-order valence-electron chi connectivity index (χ2n) is 7.32. The number of hydrogen-bond acceptors (Lipinski definition) is 3. The van der Waals surface area contributed by atoms with E-state index in [-0.39, 0.29) is 0 Å². The smallest absolute Gasteiger partial charge is 0.236 e. The number of nitrogens with zero attached hydrogens (tertiary/aromatic N) is 3. The van der Waals surface area contributed by atoms with E-state index in [9.17, 15) is 4.79 Å². The molecule has 0 spiro atoms. The van der Waals surface area contributed by atoms with Crippen molar-refractivity contribution in [3.05, 3.63) is 42.0 Å². The maximum absolute atomic E-state index is 12.5. The Morgan fingerprint density at radius 3 is 2.48 bits per heavy atom. The molecule has 2 aliphatic rings. The van der Waals surface area contributed by atoms with Crippen molar-refractivity contribution in [3.8, 4) is 0 Å². The summed E-state index contributed by atoms with van der Waals surface area (Å²) in [5.74, 6) is 0.324. The largest absolute Gasteiger partial charge is 0.339 e. The van der Waals surface area contributed by atoms with E-state index in [4.69, 9.17) is 0 Å². The van der Waals surface area contributed by atoms with E-state index in [1.807, 2.05) is 6.07 Å². The van der Waals surface area contributed by atoms with Crippen LogP contribution in [0.3, 0.4) is 0 Å². The Morgan fingerprint density at radius 1 is 1.04 bits per heavy atom. The van der Waals surface area contributed by atoms with Crippen LogP contribution >= 0.6 is 0 Å². The summed E-state index contributed by atoms with van der Waals surface area (Å²) in [6, 6.07) is 10.9. The van der Waals surface area contributed by atoms with Gasteiger partial charge in [-0.05, 0) is 31.7 Å². The molecule has 0 saturated carbocycles. The summed E-state index contributed by atoms with van der Waals surface area (Å²) in [6.07, 6.45) is 8.02. The molecule has 1 aromatic rings. The summed E-state index contributed by atoms with van der Waals surface area (Å²) in [7, 11) is 0. The van der Waals surface area contributed by atoms with Crippen LogP contribution in [0.25, 0.3) is 6.08 Å². The maximum Gasteiger partial charge on any atom is 0.236 e. The van der Waals surface area contributed by atoms with Gasteiger partial charge in [0.15, 0.2) is 0 Å². The second-order valence-corrected chi connectivity index (χ2v) is 7.32. The fourth-order valence-corrected chi connectivity index (χ4v) is 3.78. The lowest BCUT2D eigenvalue weighted by atomic mass is 10.0. The standard InChI is InChI=1S/C21H31N3O/c1-19-8-5-6-13-24(19)21(25)18-23-16-14-22(15-17-23)12-7-11-20-9-3-2-4-10-20/h2-4,7,9-11,19H,5-6,8,12-18H2,1H3. The van der Waals surface area contributed by atoms with Gasteiger partial charge in [-0.15, -0.1) is 0 Å². The van der Waals surface area contributed by atoms with Gasteiger partial charge in [-0.2, -0.15) is 0 Å². The summed E-state index contributed by atoms with van der Waals surface area (Å²) in [5, 5.41) is 0. The lowest BCUT2D eigenvalue weighted by Crippen LogP contribution is -2.52. The average molecular weight is 341 g/mol. The second kappa shape index (κ2) is 9.16. The Kier molecular flexibility index (Phi) is 6.65. The molecule has 2 saturated heterocycles. The van der Waals surface area contributed by atoms with Gasteiger partial charge < -0.3 is 4.90 Å². The number of piperazine rings is 1. The third-order valence-electron chi connectivity index (χ3n) is 5.42. The van der Waals surface area contributed by atoms with Crippen molar-refractivity contribution < 1.29 is 4.79 Å². The van der Waals surface area contributed by atoms with E-state index in [0.29, 0.717) is 18.5 Å². The Bertz CT molecular complexity index is 564. The number of benzene rings is 1.